The largest absolute Gasteiger partial charge is 0.455 e. The topological polar surface area (TPSA) is 102 Å². The van der Waals surface area contributed by atoms with Crippen LogP contribution in [0.1, 0.15) is 16.3 Å². The van der Waals surface area contributed by atoms with Crippen LogP contribution in [0, 0.1) is 6.92 Å². The first-order valence-electron chi connectivity index (χ1n) is 3.71. The predicted octanol–water partition coefficient (Wildman–Crippen LogP) is -0.405. The number of hydrogen-bond donors (Lipinski definition) is 2. The van der Waals surface area contributed by atoms with Crippen molar-refractivity contribution < 1.29 is 17.6 Å². The molecule has 0 radical (unpaired) electrons. The number of aryl methyl sites for hydroxylation is 1. The fraction of sp³-hybridized carbons (Fsp3) is 0.286. The maximum absolute atomic E-state index is 11.1. The van der Waals surface area contributed by atoms with Gasteiger partial charge in [0.15, 0.2) is 5.76 Å². The van der Waals surface area contributed by atoms with Gasteiger partial charge in [-0.25, -0.2) is 13.6 Å². The lowest BCUT2D eigenvalue weighted by atomic mass is 10.4. The lowest BCUT2D eigenvalue weighted by Gasteiger charge is -1.91. The number of primary sulfonamides is 1. The molecule has 0 saturated heterocycles. The van der Waals surface area contributed by atoms with Gasteiger partial charge in [0.2, 0.25) is 10.0 Å². The van der Waals surface area contributed by atoms with Crippen LogP contribution in [0.3, 0.4) is 0 Å². The van der Waals surface area contributed by atoms with E-state index in [2.05, 4.69) is 5.32 Å². The van der Waals surface area contributed by atoms with Crippen molar-refractivity contribution in [3.63, 3.8) is 0 Å². The Morgan fingerprint density at radius 3 is 2.50 bits per heavy atom. The molecule has 3 N–H and O–H groups in total. The van der Waals surface area contributed by atoms with Crippen molar-refractivity contribution in [1.82, 2.24) is 5.32 Å². The number of carbonyl (C=O) groups excluding carboxylic acids is 1. The summed E-state index contributed by atoms with van der Waals surface area (Å²) in [5.41, 5.74) is 0. The van der Waals surface area contributed by atoms with Gasteiger partial charge in [0.1, 0.15) is 10.7 Å². The number of carbonyl (C=O) groups is 1. The molecule has 0 bridgehead atoms. The summed E-state index contributed by atoms with van der Waals surface area (Å²) in [6.45, 7) is 1.42. The van der Waals surface area contributed by atoms with Crippen LogP contribution in [-0.4, -0.2) is 21.4 Å². The molecule has 14 heavy (non-hydrogen) atoms. The third-order valence-electron chi connectivity index (χ3n) is 1.63. The number of nitrogens with one attached hydrogen (secondary N) is 1. The maximum Gasteiger partial charge on any atom is 0.286 e. The highest BCUT2D eigenvalue weighted by atomic mass is 32.2. The summed E-state index contributed by atoms with van der Waals surface area (Å²) in [4.78, 5) is 10.9. The lowest BCUT2D eigenvalue weighted by Crippen LogP contribution is -2.17. The first kappa shape index (κ1) is 10.7. The molecule has 0 spiro atoms. The summed E-state index contributed by atoms with van der Waals surface area (Å²) < 4.78 is 26.9. The number of nitrogens with two attached hydrogens (primary N) is 1. The van der Waals surface area contributed by atoms with Crippen molar-refractivity contribution in [2.45, 2.75) is 11.8 Å². The fourth-order valence-corrected chi connectivity index (χ4v) is 1.70. The monoisotopic (exact) mass is 218 g/mol. The number of amides is 1. The van der Waals surface area contributed by atoms with Gasteiger partial charge in [0, 0.05) is 13.1 Å². The molecule has 6 nitrogen and oxygen atoms in total. The number of sulfonamides is 1. The molecule has 78 valence electrons. The molecule has 0 aliphatic heterocycles. The number of furan rings is 1. The highest BCUT2D eigenvalue weighted by molar-refractivity contribution is 7.89. The molecule has 1 amide bonds. The standard InChI is InChI=1S/C7H10N2O4S/c1-4-6(14(8,11)12)3-5(13-4)7(10)9-2/h3H,1-2H3,(H,9,10)(H2,8,11,12). The Labute approximate surface area is 81.1 Å². The number of hydrogen-bond acceptors (Lipinski definition) is 4. The normalized spacial score (nSPS) is 11.4. The van der Waals surface area contributed by atoms with Crippen LogP contribution in [0.2, 0.25) is 0 Å². The van der Waals surface area contributed by atoms with Gasteiger partial charge >= 0.3 is 0 Å². The highest BCUT2D eigenvalue weighted by Gasteiger charge is 2.20. The Balaban J connectivity index is 3.25. The molecule has 0 aromatic carbocycles. The van der Waals surface area contributed by atoms with Gasteiger partial charge in [0.25, 0.3) is 5.91 Å². The van der Waals surface area contributed by atoms with Gasteiger partial charge in [-0.05, 0) is 6.92 Å². The smallest absolute Gasteiger partial charge is 0.286 e. The minimum absolute atomic E-state index is 0.0750. The Morgan fingerprint density at radius 2 is 2.14 bits per heavy atom. The van der Waals surface area contributed by atoms with Crippen molar-refractivity contribution in [2.24, 2.45) is 5.14 Å². The van der Waals surface area contributed by atoms with Gasteiger partial charge in [-0.3, -0.25) is 4.79 Å². The Morgan fingerprint density at radius 1 is 1.57 bits per heavy atom. The van der Waals surface area contributed by atoms with Crippen LogP contribution in [0.15, 0.2) is 15.4 Å². The highest BCUT2D eigenvalue weighted by Crippen LogP contribution is 2.18. The molecular weight excluding hydrogens is 208 g/mol. The Hall–Kier alpha value is -1.34. The van der Waals surface area contributed by atoms with E-state index >= 15 is 0 Å². The zero-order valence-corrected chi connectivity index (χ0v) is 8.51. The molecule has 0 atom stereocenters. The molecule has 0 aliphatic carbocycles. The van der Waals surface area contributed by atoms with Gasteiger partial charge in [-0.15, -0.1) is 0 Å². The van der Waals surface area contributed by atoms with E-state index in [9.17, 15) is 13.2 Å². The van der Waals surface area contributed by atoms with Crippen LogP contribution in [0.5, 0.6) is 0 Å². The third kappa shape index (κ3) is 1.94. The van der Waals surface area contributed by atoms with E-state index in [1.807, 2.05) is 0 Å². The van der Waals surface area contributed by atoms with Crippen LogP contribution in [-0.2, 0) is 10.0 Å². The summed E-state index contributed by atoms with van der Waals surface area (Å²) >= 11 is 0. The minimum atomic E-state index is -3.83. The van der Waals surface area contributed by atoms with Crippen molar-refractivity contribution in [2.75, 3.05) is 7.05 Å². The van der Waals surface area contributed by atoms with Gasteiger partial charge in [-0.2, -0.15) is 0 Å². The van der Waals surface area contributed by atoms with E-state index in [0.717, 1.165) is 6.07 Å². The molecule has 7 heteroatoms. The molecule has 1 rings (SSSR count). The molecule has 0 fully saturated rings. The zero-order valence-electron chi connectivity index (χ0n) is 7.70. The SMILES string of the molecule is CNC(=O)c1cc(S(N)(=O)=O)c(C)o1. The van der Waals surface area contributed by atoms with Crippen LogP contribution in [0.25, 0.3) is 0 Å². The first-order chi connectivity index (χ1) is 6.36. The molecule has 1 heterocycles. The van der Waals surface area contributed by atoms with Crippen molar-refractivity contribution in [3.8, 4) is 0 Å². The predicted molar refractivity (Wildman–Crippen MR) is 48.2 cm³/mol. The summed E-state index contributed by atoms with van der Waals surface area (Å²) in [6, 6.07) is 1.10. The first-order valence-corrected chi connectivity index (χ1v) is 5.26. The molecule has 0 unspecified atom stereocenters. The summed E-state index contributed by atoms with van der Waals surface area (Å²) in [6.07, 6.45) is 0. The van der Waals surface area contributed by atoms with Crippen LogP contribution in [0.4, 0.5) is 0 Å². The van der Waals surface area contributed by atoms with Gasteiger partial charge < -0.3 is 9.73 Å². The molecule has 1 aromatic heterocycles. The van der Waals surface area contributed by atoms with Crippen LogP contribution < -0.4 is 10.5 Å². The zero-order chi connectivity index (χ0) is 10.9. The number of rotatable bonds is 2. The maximum atomic E-state index is 11.1. The average Bonchev–Trinajstić information content (AvgIpc) is 2.45. The molecule has 0 aliphatic rings. The van der Waals surface area contributed by atoms with Crippen molar-refractivity contribution >= 4 is 15.9 Å². The van der Waals surface area contributed by atoms with E-state index in [-0.39, 0.29) is 16.4 Å². The van der Waals surface area contributed by atoms with Gasteiger partial charge in [-0.1, -0.05) is 0 Å². The molecule has 0 saturated carbocycles. The average molecular weight is 218 g/mol. The van der Waals surface area contributed by atoms with Crippen LogP contribution >= 0.6 is 0 Å². The van der Waals surface area contributed by atoms with E-state index in [0.29, 0.717) is 0 Å². The van der Waals surface area contributed by atoms with E-state index in [4.69, 9.17) is 9.56 Å². The Bertz CT molecular complexity index is 460. The second-order valence-corrected chi connectivity index (χ2v) is 4.19. The van der Waals surface area contributed by atoms with E-state index < -0.39 is 15.9 Å². The lowest BCUT2D eigenvalue weighted by molar-refractivity contribution is 0.0934. The van der Waals surface area contributed by atoms with Crippen molar-refractivity contribution in [3.05, 3.63) is 17.6 Å². The summed E-state index contributed by atoms with van der Waals surface area (Å²) in [7, 11) is -2.41. The van der Waals surface area contributed by atoms with E-state index in [1.54, 1.807) is 0 Å². The second-order valence-electron chi connectivity index (χ2n) is 2.66. The Kier molecular flexibility index (Phi) is 2.63. The molecular formula is C7H10N2O4S. The van der Waals surface area contributed by atoms with E-state index in [1.165, 1.54) is 14.0 Å². The van der Waals surface area contributed by atoms with Gasteiger partial charge in [0.05, 0.1) is 0 Å². The third-order valence-corrected chi connectivity index (χ3v) is 2.65. The second kappa shape index (κ2) is 3.43. The minimum Gasteiger partial charge on any atom is -0.455 e. The summed E-state index contributed by atoms with van der Waals surface area (Å²) in [5.74, 6) is -0.469. The molecule has 1 aromatic rings. The summed E-state index contributed by atoms with van der Waals surface area (Å²) in [5, 5.41) is 7.20. The van der Waals surface area contributed by atoms with Crippen molar-refractivity contribution in [1.29, 1.82) is 0 Å². The fourth-order valence-electron chi connectivity index (χ4n) is 0.983. The quantitative estimate of drug-likeness (QED) is 0.704.